The van der Waals surface area contributed by atoms with Crippen LogP contribution in [0.3, 0.4) is 0 Å². The van der Waals surface area contributed by atoms with E-state index in [-0.39, 0.29) is 24.2 Å². The summed E-state index contributed by atoms with van der Waals surface area (Å²) >= 11 is 0. The Morgan fingerprint density at radius 2 is 2.32 bits per heavy atom. The van der Waals surface area contributed by atoms with E-state index >= 15 is 0 Å². The maximum absolute atomic E-state index is 11.9. The number of rotatable bonds is 6. The normalized spacial score (nSPS) is 18.9. The topological polar surface area (TPSA) is 97.6 Å². The van der Waals surface area contributed by atoms with Crippen LogP contribution in [-0.4, -0.2) is 60.2 Å². The molecule has 8 heteroatoms. The molecule has 1 atom stereocenters. The minimum absolute atomic E-state index is 0.0914. The summed E-state index contributed by atoms with van der Waals surface area (Å²) in [7, 11) is 1.33. The summed E-state index contributed by atoms with van der Waals surface area (Å²) in [5, 5.41) is 6.54. The van der Waals surface area contributed by atoms with Crippen LogP contribution in [-0.2, 0) is 14.3 Å². The number of methoxy groups -OCH3 is 1. The molecule has 1 aliphatic heterocycles. The molecule has 122 valence electrons. The van der Waals surface area contributed by atoms with Gasteiger partial charge in [-0.25, -0.2) is 0 Å². The van der Waals surface area contributed by atoms with E-state index in [1.165, 1.54) is 7.11 Å². The maximum atomic E-state index is 11.9. The van der Waals surface area contributed by atoms with Crippen molar-refractivity contribution in [3.8, 4) is 0 Å². The molecule has 1 aromatic rings. The number of esters is 1. The first-order chi connectivity index (χ1) is 10.6. The fraction of sp³-hybridized carbons (Fsp3) is 0.714. The lowest BCUT2D eigenvalue weighted by atomic mass is 9.98. The van der Waals surface area contributed by atoms with Crippen molar-refractivity contribution in [2.24, 2.45) is 0 Å². The predicted molar refractivity (Wildman–Crippen MR) is 77.1 cm³/mol. The van der Waals surface area contributed by atoms with Gasteiger partial charge in [-0.2, -0.15) is 4.98 Å². The first-order valence-electron chi connectivity index (χ1n) is 7.44. The van der Waals surface area contributed by atoms with Crippen molar-refractivity contribution in [3.05, 3.63) is 11.7 Å². The molecule has 1 unspecified atom stereocenters. The summed E-state index contributed by atoms with van der Waals surface area (Å²) in [6, 6.07) is 0. The Morgan fingerprint density at radius 1 is 1.50 bits per heavy atom. The van der Waals surface area contributed by atoms with Crippen LogP contribution in [0.2, 0.25) is 0 Å². The van der Waals surface area contributed by atoms with Gasteiger partial charge in [-0.1, -0.05) is 5.16 Å². The minimum Gasteiger partial charge on any atom is -0.469 e. The van der Waals surface area contributed by atoms with Crippen molar-refractivity contribution in [2.75, 3.05) is 33.3 Å². The molecule has 1 aliphatic rings. The van der Waals surface area contributed by atoms with Crippen molar-refractivity contribution in [2.45, 2.75) is 32.1 Å². The molecule has 0 saturated carbocycles. The number of aromatic nitrogens is 2. The zero-order valence-electron chi connectivity index (χ0n) is 13.0. The van der Waals surface area contributed by atoms with Crippen LogP contribution < -0.4 is 5.32 Å². The highest BCUT2D eigenvalue weighted by molar-refractivity contribution is 5.78. The number of amides is 1. The standard InChI is InChI=1S/C14H22N4O4/c1-10-16-14(22-17-10)11-4-3-7-18(8-11)9-12(19)15-6-5-13(20)21-2/h11H,3-9H2,1-2H3,(H,15,19). The average molecular weight is 310 g/mol. The number of piperidine rings is 1. The van der Waals surface area contributed by atoms with Gasteiger partial charge in [0.25, 0.3) is 0 Å². The molecule has 0 aromatic carbocycles. The summed E-state index contributed by atoms with van der Waals surface area (Å²) in [5.41, 5.74) is 0. The summed E-state index contributed by atoms with van der Waals surface area (Å²) in [6.45, 7) is 4.00. The SMILES string of the molecule is COC(=O)CCNC(=O)CN1CCCC(c2nc(C)no2)C1. The number of likely N-dealkylation sites (tertiary alicyclic amines) is 1. The van der Waals surface area contributed by atoms with Gasteiger partial charge < -0.3 is 14.6 Å². The third-order valence-corrected chi connectivity index (χ3v) is 3.64. The molecular weight excluding hydrogens is 288 g/mol. The number of nitrogens with one attached hydrogen (secondary N) is 1. The molecule has 1 saturated heterocycles. The Labute approximate surface area is 129 Å². The van der Waals surface area contributed by atoms with Gasteiger partial charge in [0, 0.05) is 13.1 Å². The van der Waals surface area contributed by atoms with E-state index in [1.807, 2.05) is 0 Å². The number of carbonyl (C=O) groups is 2. The van der Waals surface area contributed by atoms with Gasteiger partial charge in [-0.3, -0.25) is 14.5 Å². The van der Waals surface area contributed by atoms with Crippen molar-refractivity contribution >= 4 is 11.9 Å². The quantitative estimate of drug-likeness (QED) is 0.751. The predicted octanol–water partition coefficient (Wildman–Crippen LogP) is 0.237. The fourth-order valence-electron chi connectivity index (χ4n) is 2.54. The number of hydrogen-bond acceptors (Lipinski definition) is 7. The molecule has 1 N–H and O–H groups in total. The number of ether oxygens (including phenoxy) is 1. The van der Waals surface area contributed by atoms with Gasteiger partial charge in [0.2, 0.25) is 11.8 Å². The molecular formula is C14H22N4O4. The average Bonchev–Trinajstić information content (AvgIpc) is 2.94. The van der Waals surface area contributed by atoms with Crippen molar-refractivity contribution in [1.29, 1.82) is 0 Å². The molecule has 22 heavy (non-hydrogen) atoms. The van der Waals surface area contributed by atoms with Crippen LogP contribution in [0.15, 0.2) is 4.52 Å². The van der Waals surface area contributed by atoms with E-state index in [4.69, 9.17) is 4.52 Å². The lowest BCUT2D eigenvalue weighted by molar-refractivity contribution is -0.140. The Kier molecular flexibility index (Phi) is 5.88. The van der Waals surface area contributed by atoms with Crippen LogP contribution in [0, 0.1) is 6.92 Å². The molecule has 1 fully saturated rings. The van der Waals surface area contributed by atoms with E-state index in [9.17, 15) is 9.59 Å². The summed E-state index contributed by atoms with van der Waals surface area (Å²) < 4.78 is 9.74. The number of carbonyl (C=O) groups excluding carboxylic acids is 2. The van der Waals surface area contributed by atoms with E-state index in [2.05, 4.69) is 25.1 Å². The van der Waals surface area contributed by atoms with Crippen molar-refractivity contribution < 1.29 is 18.8 Å². The van der Waals surface area contributed by atoms with Gasteiger partial charge in [-0.05, 0) is 26.3 Å². The second-order valence-electron chi connectivity index (χ2n) is 5.43. The summed E-state index contributed by atoms with van der Waals surface area (Å²) in [6.07, 6.45) is 2.16. The lowest BCUT2D eigenvalue weighted by Gasteiger charge is -2.30. The molecule has 1 aromatic heterocycles. The van der Waals surface area contributed by atoms with Crippen LogP contribution >= 0.6 is 0 Å². The lowest BCUT2D eigenvalue weighted by Crippen LogP contribution is -2.42. The van der Waals surface area contributed by atoms with Gasteiger partial charge in [0.15, 0.2) is 5.82 Å². The van der Waals surface area contributed by atoms with Gasteiger partial charge >= 0.3 is 5.97 Å². The molecule has 8 nitrogen and oxygen atoms in total. The highest BCUT2D eigenvalue weighted by Crippen LogP contribution is 2.25. The Morgan fingerprint density at radius 3 is 3.00 bits per heavy atom. The summed E-state index contributed by atoms with van der Waals surface area (Å²) in [4.78, 5) is 29.2. The van der Waals surface area contributed by atoms with Gasteiger partial charge in [-0.15, -0.1) is 0 Å². The zero-order valence-corrected chi connectivity index (χ0v) is 13.0. The van der Waals surface area contributed by atoms with Gasteiger partial charge in [0.05, 0.1) is 26.0 Å². The number of nitrogens with zero attached hydrogens (tertiary/aromatic N) is 3. The molecule has 0 radical (unpaired) electrons. The van der Waals surface area contributed by atoms with Crippen molar-refractivity contribution in [1.82, 2.24) is 20.4 Å². The van der Waals surface area contributed by atoms with Crippen LogP contribution in [0.5, 0.6) is 0 Å². The number of hydrogen-bond donors (Lipinski definition) is 1. The zero-order chi connectivity index (χ0) is 15.9. The smallest absolute Gasteiger partial charge is 0.307 e. The molecule has 1 amide bonds. The minimum atomic E-state index is -0.329. The highest BCUT2D eigenvalue weighted by Gasteiger charge is 2.26. The van der Waals surface area contributed by atoms with E-state index < -0.39 is 0 Å². The second-order valence-corrected chi connectivity index (χ2v) is 5.43. The summed E-state index contributed by atoms with van der Waals surface area (Å²) in [5.74, 6) is 1.04. The number of aryl methyl sites for hydroxylation is 1. The third-order valence-electron chi connectivity index (χ3n) is 3.64. The van der Waals surface area contributed by atoms with E-state index in [1.54, 1.807) is 6.92 Å². The first-order valence-corrected chi connectivity index (χ1v) is 7.44. The van der Waals surface area contributed by atoms with Crippen molar-refractivity contribution in [3.63, 3.8) is 0 Å². The molecule has 0 bridgehead atoms. The molecule has 0 spiro atoms. The Balaban J connectivity index is 1.75. The van der Waals surface area contributed by atoms with Crippen LogP contribution in [0.1, 0.15) is 36.9 Å². The van der Waals surface area contributed by atoms with E-state index in [0.717, 1.165) is 25.9 Å². The largest absolute Gasteiger partial charge is 0.469 e. The molecule has 2 heterocycles. The monoisotopic (exact) mass is 310 g/mol. The van der Waals surface area contributed by atoms with Crippen LogP contribution in [0.4, 0.5) is 0 Å². The second kappa shape index (κ2) is 7.88. The van der Waals surface area contributed by atoms with Gasteiger partial charge in [0.1, 0.15) is 0 Å². The Bertz CT molecular complexity index is 517. The maximum Gasteiger partial charge on any atom is 0.307 e. The van der Waals surface area contributed by atoms with E-state index in [0.29, 0.717) is 24.8 Å². The molecule has 0 aliphatic carbocycles. The van der Waals surface area contributed by atoms with Crippen LogP contribution in [0.25, 0.3) is 0 Å². The highest BCUT2D eigenvalue weighted by atomic mass is 16.5. The third kappa shape index (κ3) is 4.80. The Hall–Kier alpha value is -1.96. The first kappa shape index (κ1) is 16.4. The fourth-order valence-corrected chi connectivity index (χ4v) is 2.54. The molecule has 2 rings (SSSR count).